The predicted octanol–water partition coefficient (Wildman–Crippen LogP) is 2.66. The molecular formula is C29H31N5O22S6. The Morgan fingerprint density at radius 1 is 0.548 bits per heavy atom. The van der Waals surface area contributed by atoms with Crippen molar-refractivity contribution in [3.8, 4) is 23.0 Å². The summed E-state index contributed by atoms with van der Waals surface area (Å²) in [7, 11) is -26.4. The molecule has 33 heteroatoms. The van der Waals surface area contributed by atoms with Crippen LogP contribution in [0.5, 0.6) is 23.0 Å². The summed E-state index contributed by atoms with van der Waals surface area (Å²) < 4.78 is 207. The third kappa shape index (κ3) is 11.8. The first-order valence-corrected chi connectivity index (χ1v) is 24.9. The zero-order chi connectivity index (χ0) is 46.8. The lowest BCUT2D eigenvalue weighted by atomic mass is 10.1. The van der Waals surface area contributed by atoms with E-state index in [1.54, 1.807) is 0 Å². The molecule has 0 aliphatic rings. The second-order valence-corrected chi connectivity index (χ2v) is 21.0. The summed E-state index contributed by atoms with van der Waals surface area (Å²) >= 11 is 0. The zero-order valence-electron chi connectivity index (χ0n) is 31.4. The summed E-state index contributed by atoms with van der Waals surface area (Å²) in [4.78, 5) is -3.54. The Bertz CT molecular complexity index is 3190. The van der Waals surface area contributed by atoms with Crippen LogP contribution in [-0.2, 0) is 69.1 Å². The summed E-state index contributed by atoms with van der Waals surface area (Å²) in [5, 5.41) is 25.2. The Labute approximate surface area is 352 Å². The first-order chi connectivity index (χ1) is 28.4. The Balaban J connectivity index is 1.93. The maximum atomic E-state index is 13.0. The fourth-order valence-electron chi connectivity index (χ4n) is 5.15. The monoisotopic (exact) mass is 993 g/mol. The summed E-state index contributed by atoms with van der Waals surface area (Å²) in [5.74, 6) is -4.26. The van der Waals surface area contributed by atoms with Crippen molar-refractivity contribution in [2.75, 3.05) is 51.8 Å². The van der Waals surface area contributed by atoms with E-state index in [1.165, 1.54) is 0 Å². The number of nitrogen functional groups attached to an aromatic ring is 1. The van der Waals surface area contributed by atoms with E-state index >= 15 is 0 Å². The van der Waals surface area contributed by atoms with Crippen LogP contribution in [-0.4, -0.2) is 120 Å². The van der Waals surface area contributed by atoms with Gasteiger partial charge in [-0.15, -0.1) is 20.5 Å². The number of nitrogens with zero attached hydrogens (tertiary/aromatic N) is 4. The number of phenolic OH excluding ortho intramolecular Hbond substituents is 1. The molecule has 0 heterocycles. The van der Waals surface area contributed by atoms with Crippen LogP contribution in [0.15, 0.2) is 82.5 Å². The predicted molar refractivity (Wildman–Crippen MR) is 210 cm³/mol. The van der Waals surface area contributed by atoms with Crippen molar-refractivity contribution in [2.45, 2.75) is 19.6 Å². The van der Waals surface area contributed by atoms with Crippen LogP contribution in [0.1, 0.15) is 0 Å². The highest BCUT2D eigenvalue weighted by molar-refractivity contribution is 7.92. The van der Waals surface area contributed by atoms with Gasteiger partial charge < -0.3 is 25.1 Å². The van der Waals surface area contributed by atoms with Gasteiger partial charge in [0, 0.05) is 12.1 Å². The number of aromatic hydroxyl groups is 1. The minimum atomic E-state index is -5.41. The van der Waals surface area contributed by atoms with Gasteiger partial charge >= 0.3 is 20.8 Å². The maximum absolute atomic E-state index is 13.0. The molecule has 0 unspecified atom stereocenters. The third-order valence-corrected chi connectivity index (χ3v) is 13.9. The fourth-order valence-corrected chi connectivity index (χ4v) is 9.64. The number of nitrogens with two attached hydrogens (primary N) is 1. The Hall–Kier alpha value is -5.20. The van der Waals surface area contributed by atoms with Crippen molar-refractivity contribution in [3.63, 3.8) is 0 Å². The quantitative estimate of drug-likeness (QED) is 0.0446. The Morgan fingerprint density at radius 2 is 1.02 bits per heavy atom. The van der Waals surface area contributed by atoms with Gasteiger partial charge in [-0.25, -0.2) is 25.2 Å². The van der Waals surface area contributed by atoms with Gasteiger partial charge in [-0.05, 0) is 35.7 Å². The molecule has 0 fully saturated rings. The summed E-state index contributed by atoms with van der Waals surface area (Å²) in [6.45, 7) is -2.02. The van der Waals surface area contributed by atoms with E-state index in [-0.39, 0.29) is 5.75 Å². The van der Waals surface area contributed by atoms with Gasteiger partial charge in [-0.2, -0.15) is 33.7 Å². The number of fused-ring (bicyclic) bond motifs is 1. The SMILES string of the molecule is COc1cc(S(=O)(=O)CCOS(=O)(=O)O)c(OC)cc1/N=N/c1c(S(=O)(=O)O)cc2cc(S(=O)(=O)O)c(/N=N/c3cc(S(=O)(=O)CCOS(=O)(=O)O)ccc3OC)c(O)c2c1N. The van der Waals surface area contributed by atoms with E-state index in [9.17, 15) is 64.7 Å². The highest BCUT2D eigenvalue weighted by atomic mass is 32.3. The normalized spacial score (nSPS) is 13.3. The van der Waals surface area contributed by atoms with E-state index in [0.717, 1.165) is 51.7 Å². The van der Waals surface area contributed by atoms with Crippen LogP contribution in [0.4, 0.5) is 28.4 Å². The number of rotatable bonds is 19. The van der Waals surface area contributed by atoms with Crippen molar-refractivity contribution in [2.24, 2.45) is 20.5 Å². The molecule has 62 heavy (non-hydrogen) atoms. The van der Waals surface area contributed by atoms with Crippen molar-refractivity contribution < 1.29 is 96.4 Å². The first kappa shape index (κ1) is 49.5. The summed E-state index contributed by atoms with van der Waals surface area (Å²) in [5.41, 5.74) is 2.51. The maximum Gasteiger partial charge on any atom is 0.397 e. The minimum absolute atomic E-state index is 0.209. The molecule has 0 saturated heterocycles. The molecule has 4 aromatic rings. The van der Waals surface area contributed by atoms with E-state index < -0.39 is 161 Å². The minimum Gasteiger partial charge on any atom is -0.505 e. The molecule has 0 atom stereocenters. The number of hydrogen-bond acceptors (Lipinski definition) is 23. The topological polar surface area (TPSA) is 428 Å². The van der Waals surface area contributed by atoms with Gasteiger partial charge in [0.2, 0.25) is 0 Å². The lowest BCUT2D eigenvalue weighted by Crippen LogP contribution is -2.16. The second-order valence-electron chi connectivity index (χ2n) is 11.8. The molecule has 340 valence electrons. The lowest BCUT2D eigenvalue weighted by molar-refractivity contribution is 0.282. The number of azo groups is 2. The molecule has 0 aliphatic carbocycles. The largest absolute Gasteiger partial charge is 0.505 e. The van der Waals surface area contributed by atoms with Gasteiger partial charge in [0.15, 0.2) is 25.4 Å². The number of sulfone groups is 2. The molecule has 27 nitrogen and oxygen atoms in total. The first-order valence-electron chi connectivity index (χ1n) is 16.0. The zero-order valence-corrected chi connectivity index (χ0v) is 36.3. The van der Waals surface area contributed by atoms with E-state index in [0.29, 0.717) is 12.1 Å². The highest BCUT2D eigenvalue weighted by Gasteiger charge is 2.29. The molecule has 7 N–H and O–H groups in total. The van der Waals surface area contributed by atoms with Crippen molar-refractivity contribution >= 4 is 99.9 Å². The van der Waals surface area contributed by atoms with Gasteiger partial charge in [0.05, 0.1) is 62.0 Å². The van der Waals surface area contributed by atoms with Crippen molar-refractivity contribution in [3.05, 3.63) is 42.5 Å². The summed E-state index contributed by atoms with van der Waals surface area (Å²) in [6.07, 6.45) is 0. The van der Waals surface area contributed by atoms with Crippen LogP contribution in [0, 0.1) is 0 Å². The Morgan fingerprint density at radius 3 is 1.50 bits per heavy atom. The number of ether oxygens (including phenoxy) is 3. The van der Waals surface area contributed by atoms with Crippen LogP contribution >= 0.6 is 0 Å². The average molecular weight is 994 g/mol. The molecule has 0 bridgehead atoms. The highest BCUT2D eigenvalue weighted by Crippen LogP contribution is 2.49. The van der Waals surface area contributed by atoms with Gasteiger partial charge in [-0.1, -0.05) is 0 Å². The fraction of sp³-hybridized carbons (Fsp3) is 0.241. The number of methoxy groups -OCH3 is 3. The molecule has 0 spiro atoms. The molecular weight excluding hydrogens is 963 g/mol. The molecule has 0 amide bonds. The molecule has 4 rings (SSSR count). The second kappa shape index (κ2) is 18.3. The van der Waals surface area contributed by atoms with Crippen molar-refractivity contribution in [1.82, 2.24) is 0 Å². The van der Waals surface area contributed by atoms with Gasteiger partial charge in [-0.3, -0.25) is 18.2 Å². The van der Waals surface area contributed by atoms with E-state index in [1.807, 2.05) is 0 Å². The molecule has 4 aromatic carbocycles. The van der Waals surface area contributed by atoms with Crippen LogP contribution in [0.2, 0.25) is 0 Å². The molecule has 0 saturated carbocycles. The van der Waals surface area contributed by atoms with E-state index in [4.69, 9.17) is 29.0 Å². The van der Waals surface area contributed by atoms with E-state index in [2.05, 4.69) is 28.8 Å². The number of hydrogen-bond donors (Lipinski definition) is 6. The van der Waals surface area contributed by atoms with Crippen LogP contribution < -0.4 is 19.9 Å². The molecule has 0 radical (unpaired) electrons. The Kier molecular flexibility index (Phi) is 14.6. The van der Waals surface area contributed by atoms with Crippen LogP contribution in [0.25, 0.3) is 10.8 Å². The third-order valence-electron chi connectivity index (χ3n) is 7.86. The average Bonchev–Trinajstić information content (AvgIpc) is 3.14. The van der Waals surface area contributed by atoms with Crippen LogP contribution in [0.3, 0.4) is 0 Å². The van der Waals surface area contributed by atoms with Gasteiger partial charge in [0.25, 0.3) is 20.2 Å². The molecule has 0 aromatic heterocycles. The van der Waals surface area contributed by atoms with Crippen molar-refractivity contribution in [1.29, 1.82) is 0 Å². The van der Waals surface area contributed by atoms with Gasteiger partial charge in [0.1, 0.15) is 54.7 Å². The smallest absolute Gasteiger partial charge is 0.397 e. The summed E-state index contributed by atoms with van der Waals surface area (Å²) in [6, 6.07) is 5.77. The standard InChI is InChI=1S/C29H31N5O22S6/c1-52-19-5-4-16(57(36,37)8-6-55-61(46,47)48)12-17(19)31-34-28-24(60(43,44)45)11-15-10-23(59(40,41)42)27(26(30)25(15)29(28)35)33-32-18-13-21(54-3)22(14-20(18)53-2)58(38,39)9-7-56-62(49,50)51/h4-5,10-14,35H,6-9,30H2,1-3H3,(H,40,41,42)(H,43,44,45)(H,46,47,48)(H,49,50,51)/b33-32+,34-31+. The number of anilines is 1. The number of benzene rings is 4. The lowest BCUT2D eigenvalue weighted by Gasteiger charge is -2.15. The molecule has 0 aliphatic heterocycles. The number of phenols is 1.